The van der Waals surface area contributed by atoms with Crippen LogP contribution in [0.25, 0.3) is 0 Å². The second-order valence-corrected chi connectivity index (χ2v) is 6.00. The summed E-state index contributed by atoms with van der Waals surface area (Å²) in [7, 11) is 0. The molecule has 0 N–H and O–H groups in total. The van der Waals surface area contributed by atoms with Crippen LogP contribution in [0.4, 0.5) is 5.69 Å². The molecule has 1 heterocycles. The van der Waals surface area contributed by atoms with E-state index in [0.29, 0.717) is 0 Å². The number of amides is 1. The van der Waals surface area contributed by atoms with E-state index in [4.69, 9.17) is 0 Å². The van der Waals surface area contributed by atoms with Gasteiger partial charge in [-0.2, -0.15) is 10.1 Å². The Morgan fingerprint density at radius 2 is 1.82 bits per heavy atom. The molecule has 1 aromatic rings. The fraction of sp³-hybridized carbons (Fsp3) is 0.385. The van der Waals surface area contributed by atoms with E-state index in [1.165, 1.54) is 5.01 Å². The van der Waals surface area contributed by atoms with E-state index in [1.54, 1.807) is 0 Å². The summed E-state index contributed by atoms with van der Waals surface area (Å²) < 4.78 is 0. The highest BCUT2D eigenvalue weighted by Crippen LogP contribution is 2.31. The molecule has 0 fully saturated rings. The lowest BCUT2D eigenvalue weighted by molar-refractivity contribution is -0.116. The standard InChI is InChI=1S/C13H15BrN2O/c1-13(2,3)11-10(14)12(17)16(15-11)9-7-5-4-6-8-9/h4-8,10H,1-3H3/t10-/m1/s1. The average Bonchev–Trinajstić information content (AvgIpc) is 2.57. The molecule has 0 spiro atoms. The molecule has 17 heavy (non-hydrogen) atoms. The van der Waals surface area contributed by atoms with Gasteiger partial charge in [-0.15, -0.1) is 0 Å². The van der Waals surface area contributed by atoms with Crippen molar-refractivity contribution in [1.29, 1.82) is 0 Å². The Morgan fingerprint density at radius 3 is 2.29 bits per heavy atom. The summed E-state index contributed by atoms with van der Waals surface area (Å²) in [4.78, 5) is 11.8. The van der Waals surface area contributed by atoms with Crippen LogP contribution >= 0.6 is 15.9 Å². The lowest BCUT2D eigenvalue weighted by atomic mass is 9.88. The van der Waals surface area contributed by atoms with Crippen LogP contribution in [0.5, 0.6) is 0 Å². The van der Waals surface area contributed by atoms with Crippen molar-refractivity contribution >= 4 is 33.2 Å². The molecule has 90 valence electrons. The first-order valence-corrected chi connectivity index (χ1v) is 6.45. The SMILES string of the molecule is CC(C)(C)C1=NN(c2ccccc2)C(=O)[C@@H]1Br. The van der Waals surface area contributed by atoms with E-state index in [-0.39, 0.29) is 16.1 Å². The molecule has 4 heteroatoms. The number of hydrazone groups is 1. The molecular formula is C13H15BrN2O. The predicted molar refractivity (Wildman–Crippen MR) is 73.5 cm³/mol. The third kappa shape index (κ3) is 2.27. The highest BCUT2D eigenvalue weighted by molar-refractivity contribution is 9.10. The molecule has 0 unspecified atom stereocenters. The van der Waals surface area contributed by atoms with Gasteiger partial charge in [0.15, 0.2) is 0 Å². The average molecular weight is 295 g/mol. The third-order valence-corrected chi connectivity index (χ3v) is 3.47. The van der Waals surface area contributed by atoms with Gasteiger partial charge in [0.1, 0.15) is 4.83 Å². The predicted octanol–water partition coefficient (Wildman–Crippen LogP) is 3.20. The fourth-order valence-electron chi connectivity index (χ4n) is 1.72. The summed E-state index contributed by atoms with van der Waals surface area (Å²) in [6.45, 7) is 6.17. The van der Waals surface area contributed by atoms with Crippen LogP contribution in [-0.4, -0.2) is 16.4 Å². The first-order chi connectivity index (χ1) is 7.91. The van der Waals surface area contributed by atoms with Crippen LogP contribution in [0.2, 0.25) is 0 Å². The van der Waals surface area contributed by atoms with E-state index < -0.39 is 0 Å². The number of benzene rings is 1. The van der Waals surface area contributed by atoms with Crippen molar-refractivity contribution in [2.24, 2.45) is 10.5 Å². The molecule has 2 rings (SSSR count). The molecule has 0 aliphatic carbocycles. The zero-order chi connectivity index (χ0) is 12.6. The lowest BCUT2D eigenvalue weighted by Crippen LogP contribution is -2.32. The zero-order valence-electron chi connectivity index (χ0n) is 10.1. The molecule has 0 aromatic heterocycles. The minimum Gasteiger partial charge on any atom is -0.271 e. The molecule has 1 aromatic carbocycles. The van der Waals surface area contributed by atoms with E-state index in [9.17, 15) is 4.79 Å². The number of halogens is 1. The minimum absolute atomic E-state index is 0.0267. The topological polar surface area (TPSA) is 32.7 Å². The summed E-state index contributed by atoms with van der Waals surface area (Å²) in [5.41, 5.74) is 1.56. The normalized spacial score (nSPS) is 20.7. The maximum Gasteiger partial charge on any atom is 0.267 e. The number of carbonyl (C=O) groups is 1. The zero-order valence-corrected chi connectivity index (χ0v) is 11.7. The lowest BCUT2D eigenvalue weighted by Gasteiger charge is -2.18. The fourth-order valence-corrected chi connectivity index (χ4v) is 2.69. The van der Waals surface area contributed by atoms with E-state index in [0.717, 1.165) is 11.4 Å². The number of hydrogen-bond acceptors (Lipinski definition) is 2. The van der Waals surface area contributed by atoms with Gasteiger partial charge in [-0.3, -0.25) is 4.79 Å². The summed E-state index contributed by atoms with van der Waals surface area (Å²) in [5.74, 6) is -0.0267. The Bertz CT molecular complexity index is 462. The molecule has 0 radical (unpaired) electrons. The van der Waals surface area contributed by atoms with Gasteiger partial charge in [-0.1, -0.05) is 54.9 Å². The maximum atomic E-state index is 12.1. The molecular weight excluding hydrogens is 280 g/mol. The van der Waals surface area contributed by atoms with Crippen LogP contribution < -0.4 is 5.01 Å². The van der Waals surface area contributed by atoms with Crippen molar-refractivity contribution in [3.8, 4) is 0 Å². The summed E-state index contributed by atoms with van der Waals surface area (Å²) in [6.07, 6.45) is 0. The number of hydrogen-bond donors (Lipinski definition) is 0. The second-order valence-electron chi connectivity index (χ2n) is 5.08. The van der Waals surface area contributed by atoms with Gasteiger partial charge >= 0.3 is 0 Å². The van der Waals surface area contributed by atoms with Crippen molar-refractivity contribution in [1.82, 2.24) is 0 Å². The van der Waals surface area contributed by atoms with E-state index >= 15 is 0 Å². The first-order valence-electron chi connectivity index (χ1n) is 5.53. The number of anilines is 1. The van der Waals surface area contributed by atoms with E-state index in [2.05, 4.69) is 41.8 Å². The monoisotopic (exact) mass is 294 g/mol. The summed E-state index contributed by atoms with van der Waals surface area (Å²) in [5, 5.41) is 5.92. The Labute approximate surface area is 110 Å². The van der Waals surface area contributed by atoms with E-state index in [1.807, 2.05) is 30.3 Å². The van der Waals surface area contributed by atoms with Crippen LogP contribution in [0.1, 0.15) is 20.8 Å². The molecule has 3 nitrogen and oxygen atoms in total. The molecule has 1 aliphatic rings. The van der Waals surface area contributed by atoms with Crippen molar-refractivity contribution in [2.75, 3.05) is 5.01 Å². The maximum absolute atomic E-state index is 12.1. The van der Waals surface area contributed by atoms with Gasteiger partial charge in [0.05, 0.1) is 11.4 Å². The first kappa shape index (κ1) is 12.3. The Kier molecular flexibility index (Phi) is 3.08. The van der Waals surface area contributed by atoms with Gasteiger partial charge < -0.3 is 0 Å². The Balaban J connectivity index is 2.39. The molecule has 1 amide bonds. The Hall–Kier alpha value is -1.16. The quantitative estimate of drug-likeness (QED) is 0.732. The third-order valence-electron chi connectivity index (χ3n) is 2.64. The van der Waals surface area contributed by atoms with Crippen LogP contribution in [0, 0.1) is 5.41 Å². The molecule has 0 saturated heterocycles. The number of para-hydroxylation sites is 1. The number of nitrogens with zero attached hydrogens (tertiary/aromatic N) is 2. The van der Waals surface area contributed by atoms with Crippen molar-refractivity contribution in [3.63, 3.8) is 0 Å². The molecule has 0 saturated carbocycles. The van der Waals surface area contributed by atoms with Gasteiger partial charge in [0, 0.05) is 5.41 Å². The number of alkyl halides is 1. The van der Waals surface area contributed by atoms with Crippen LogP contribution in [0.3, 0.4) is 0 Å². The van der Waals surface area contributed by atoms with Crippen LogP contribution in [-0.2, 0) is 4.79 Å². The summed E-state index contributed by atoms with van der Waals surface area (Å²) >= 11 is 3.42. The smallest absolute Gasteiger partial charge is 0.267 e. The van der Waals surface area contributed by atoms with Crippen molar-refractivity contribution in [2.45, 2.75) is 25.6 Å². The largest absolute Gasteiger partial charge is 0.271 e. The minimum atomic E-state index is -0.317. The van der Waals surface area contributed by atoms with Crippen molar-refractivity contribution in [3.05, 3.63) is 30.3 Å². The number of carbonyl (C=O) groups excluding carboxylic acids is 1. The Morgan fingerprint density at radius 1 is 1.24 bits per heavy atom. The highest BCUT2D eigenvalue weighted by atomic mass is 79.9. The molecule has 0 bridgehead atoms. The van der Waals surface area contributed by atoms with Gasteiger partial charge in [-0.05, 0) is 12.1 Å². The van der Waals surface area contributed by atoms with Gasteiger partial charge in [-0.25, -0.2) is 0 Å². The molecule has 1 atom stereocenters. The summed E-state index contributed by atoms with van der Waals surface area (Å²) in [6, 6.07) is 9.48. The number of rotatable bonds is 1. The van der Waals surface area contributed by atoms with Gasteiger partial charge in [0.25, 0.3) is 5.91 Å². The van der Waals surface area contributed by atoms with Gasteiger partial charge in [0.2, 0.25) is 0 Å². The second kappa shape index (κ2) is 4.26. The highest BCUT2D eigenvalue weighted by Gasteiger charge is 2.40. The van der Waals surface area contributed by atoms with Crippen molar-refractivity contribution < 1.29 is 4.79 Å². The molecule has 1 aliphatic heterocycles. The van der Waals surface area contributed by atoms with Crippen LogP contribution in [0.15, 0.2) is 35.4 Å².